The Bertz CT molecular complexity index is 376. The lowest BCUT2D eigenvalue weighted by Crippen LogP contribution is -2.28. The third-order valence-corrected chi connectivity index (χ3v) is 2.80. The number of ether oxygens (including phenoxy) is 2. The first-order valence-corrected chi connectivity index (χ1v) is 5.13. The first-order chi connectivity index (χ1) is 6.74. The predicted molar refractivity (Wildman–Crippen MR) is 55.5 cm³/mol. The van der Waals surface area contributed by atoms with Crippen molar-refractivity contribution in [2.24, 2.45) is 0 Å². The van der Waals surface area contributed by atoms with E-state index < -0.39 is 0 Å². The van der Waals surface area contributed by atoms with Gasteiger partial charge < -0.3 is 9.47 Å². The van der Waals surface area contributed by atoms with Crippen LogP contribution in [-0.2, 0) is 0 Å². The van der Waals surface area contributed by atoms with Gasteiger partial charge in [0, 0.05) is 0 Å². The Labute approximate surface area is 90.1 Å². The van der Waals surface area contributed by atoms with Crippen LogP contribution in [0.25, 0.3) is 0 Å². The summed E-state index contributed by atoms with van der Waals surface area (Å²) in [6, 6.07) is 5.30. The van der Waals surface area contributed by atoms with E-state index in [1.54, 1.807) is 25.3 Å². The molecule has 4 heteroatoms. The number of carbonyl (C=O) groups excluding carboxylic acids is 1. The van der Waals surface area contributed by atoms with E-state index in [-0.39, 0.29) is 10.6 Å². The molecule has 1 aliphatic heterocycles. The van der Waals surface area contributed by atoms with Crippen LogP contribution in [0.15, 0.2) is 18.2 Å². The van der Waals surface area contributed by atoms with Crippen molar-refractivity contribution < 1.29 is 14.3 Å². The van der Waals surface area contributed by atoms with Crippen LogP contribution in [0.5, 0.6) is 11.5 Å². The van der Waals surface area contributed by atoms with Gasteiger partial charge in [-0.15, -0.1) is 0 Å². The van der Waals surface area contributed by atoms with Gasteiger partial charge in [-0.2, -0.15) is 0 Å². The lowest BCUT2D eigenvalue weighted by Gasteiger charge is -2.21. The summed E-state index contributed by atoms with van der Waals surface area (Å²) in [5, 5.41) is 0. The zero-order valence-electron chi connectivity index (χ0n) is 7.62. The maximum absolute atomic E-state index is 11.7. The van der Waals surface area contributed by atoms with Crippen LogP contribution in [0.2, 0.25) is 0 Å². The monoisotopic (exact) mass is 256 g/mol. The van der Waals surface area contributed by atoms with E-state index in [2.05, 4.69) is 15.9 Å². The SMILES string of the molecule is COc1cccc2c1OCC(Br)C2=O. The molecule has 2 rings (SSSR count). The van der Waals surface area contributed by atoms with Gasteiger partial charge >= 0.3 is 0 Å². The zero-order chi connectivity index (χ0) is 10.1. The summed E-state index contributed by atoms with van der Waals surface area (Å²) in [6.07, 6.45) is 0. The second-order valence-corrected chi connectivity index (χ2v) is 4.09. The summed E-state index contributed by atoms with van der Waals surface area (Å²) in [5.74, 6) is 1.20. The second-order valence-electron chi connectivity index (χ2n) is 2.98. The molecule has 1 unspecified atom stereocenters. The van der Waals surface area contributed by atoms with E-state index in [9.17, 15) is 4.79 Å². The highest BCUT2D eigenvalue weighted by atomic mass is 79.9. The molecule has 1 heterocycles. The number of rotatable bonds is 1. The molecule has 0 saturated carbocycles. The number of alkyl halides is 1. The second kappa shape index (κ2) is 3.61. The van der Waals surface area contributed by atoms with Crippen LogP contribution >= 0.6 is 15.9 Å². The first-order valence-electron chi connectivity index (χ1n) is 4.22. The molecule has 1 aliphatic rings. The smallest absolute Gasteiger partial charge is 0.183 e. The topological polar surface area (TPSA) is 35.5 Å². The highest BCUT2D eigenvalue weighted by Crippen LogP contribution is 2.35. The Morgan fingerprint density at radius 1 is 1.57 bits per heavy atom. The molecule has 0 radical (unpaired) electrons. The van der Waals surface area contributed by atoms with Crippen molar-refractivity contribution in [2.45, 2.75) is 4.83 Å². The number of methoxy groups -OCH3 is 1. The lowest BCUT2D eigenvalue weighted by atomic mass is 10.0. The van der Waals surface area contributed by atoms with E-state index in [1.165, 1.54) is 0 Å². The third-order valence-electron chi connectivity index (χ3n) is 2.12. The molecule has 0 bridgehead atoms. The molecule has 14 heavy (non-hydrogen) atoms. The summed E-state index contributed by atoms with van der Waals surface area (Å²) in [5.41, 5.74) is 0.581. The van der Waals surface area contributed by atoms with E-state index >= 15 is 0 Å². The van der Waals surface area contributed by atoms with Crippen LogP contribution in [-0.4, -0.2) is 24.3 Å². The highest BCUT2D eigenvalue weighted by molar-refractivity contribution is 9.10. The number of hydrogen-bond acceptors (Lipinski definition) is 3. The molecular formula is C10H9BrO3. The van der Waals surface area contributed by atoms with Crippen molar-refractivity contribution in [3.05, 3.63) is 23.8 Å². The minimum atomic E-state index is -0.248. The Hall–Kier alpha value is -1.03. The standard InChI is InChI=1S/C10H9BrO3/c1-13-8-4-2-3-6-9(12)7(11)5-14-10(6)8/h2-4,7H,5H2,1H3. The fourth-order valence-electron chi connectivity index (χ4n) is 1.42. The molecule has 1 aromatic rings. The largest absolute Gasteiger partial charge is 0.493 e. The van der Waals surface area contributed by atoms with E-state index in [0.29, 0.717) is 23.7 Å². The lowest BCUT2D eigenvalue weighted by molar-refractivity contribution is 0.0943. The highest BCUT2D eigenvalue weighted by Gasteiger charge is 2.28. The summed E-state index contributed by atoms with van der Waals surface area (Å²) >= 11 is 3.25. The van der Waals surface area contributed by atoms with Crippen molar-refractivity contribution in [3.8, 4) is 11.5 Å². The third kappa shape index (κ3) is 1.39. The molecule has 0 spiro atoms. The van der Waals surface area contributed by atoms with Gasteiger partial charge in [-0.1, -0.05) is 22.0 Å². The Kier molecular flexibility index (Phi) is 2.46. The molecule has 74 valence electrons. The van der Waals surface area contributed by atoms with Gasteiger partial charge in [0.2, 0.25) is 0 Å². The summed E-state index contributed by atoms with van der Waals surface area (Å²) < 4.78 is 10.5. The van der Waals surface area contributed by atoms with Gasteiger partial charge in [-0.3, -0.25) is 4.79 Å². The normalized spacial score (nSPS) is 19.9. The van der Waals surface area contributed by atoms with Gasteiger partial charge in [0.15, 0.2) is 17.3 Å². The Morgan fingerprint density at radius 2 is 2.36 bits per heavy atom. The number of carbonyl (C=O) groups is 1. The number of hydrogen-bond donors (Lipinski definition) is 0. The number of ketones is 1. The number of halogens is 1. The minimum absolute atomic E-state index is 0.0464. The zero-order valence-corrected chi connectivity index (χ0v) is 9.21. The first kappa shape index (κ1) is 9.52. The van der Waals surface area contributed by atoms with Crippen molar-refractivity contribution >= 4 is 21.7 Å². The molecule has 1 atom stereocenters. The maximum Gasteiger partial charge on any atom is 0.183 e. The number of Topliss-reactive ketones (excluding diaryl/α,β-unsaturated/α-hetero) is 1. The van der Waals surface area contributed by atoms with Crippen LogP contribution in [0.1, 0.15) is 10.4 Å². The van der Waals surface area contributed by atoms with E-state index in [1.807, 2.05) is 0 Å². The van der Waals surface area contributed by atoms with Crippen LogP contribution in [0.4, 0.5) is 0 Å². The van der Waals surface area contributed by atoms with Gasteiger partial charge in [-0.25, -0.2) is 0 Å². The van der Waals surface area contributed by atoms with Gasteiger partial charge in [0.1, 0.15) is 11.4 Å². The molecule has 3 nitrogen and oxygen atoms in total. The molecule has 0 N–H and O–H groups in total. The average Bonchev–Trinajstić information content (AvgIpc) is 2.23. The molecule has 0 aromatic heterocycles. The van der Waals surface area contributed by atoms with Gasteiger partial charge in [-0.05, 0) is 12.1 Å². The fourth-order valence-corrected chi connectivity index (χ4v) is 1.80. The van der Waals surface area contributed by atoms with Crippen LogP contribution in [0, 0.1) is 0 Å². The molecule has 0 fully saturated rings. The number of para-hydroxylation sites is 1. The maximum atomic E-state index is 11.7. The fraction of sp³-hybridized carbons (Fsp3) is 0.300. The van der Waals surface area contributed by atoms with Crippen molar-refractivity contribution in [1.29, 1.82) is 0 Å². The number of benzene rings is 1. The Morgan fingerprint density at radius 3 is 3.07 bits per heavy atom. The number of fused-ring (bicyclic) bond motifs is 1. The van der Waals surface area contributed by atoms with E-state index in [4.69, 9.17) is 9.47 Å². The molecular weight excluding hydrogens is 248 g/mol. The van der Waals surface area contributed by atoms with Gasteiger partial charge in [0.25, 0.3) is 0 Å². The summed E-state index contributed by atoms with van der Waals surface area (Å²) in [6.45, 7) is 0.353. The van der Waals surface area contributed by atoms with Gasteiger partial charge in [0.05, 0.1) is 12.7 Å². The van der Waals surface area contributed by atoms with Crippen molar-refractivity contribution in [2.75, 3.05) is 13.7 Å². The molecule has 0 aliphatic carbocycles. The van der Waals surface area contributed by atoms with Crippen molar-refractivity contribution in [3.63, 3.8) is 0 Å². The summed E-state index contributed by atoms with van der Waals surface area (Å²) in [4.78, 5) is 11.5. The molecule has 0 saturated heterocycles. The predicted octanol–water partition coefficient (Wildman–Crippen LogP) is 2.03. The van der Waals surface area contributed by atoms with Crippen molar-refractivity contribution in [1.82, 2.24) is 0 Å². The molecule has 1 aromatic carbocycles. The van der Waals surface area contributed by atoms with Crippen LogP contribution < -0.4 is 9.47 Å². The summed E-state index contributed by atoms with van der Waals surface area (Å²) in [7, 11) is 1.56. The quantitative estimate of drug-likeness (QED) is 0.722. The Balaban J connectivity index is 2.52. The van der Waals surface area contributed by atoms with E-state index in [0.717, 1.165) is 0 Å². The average molecular weight is 257 g/mol. The minimum Gasteiger partial charge on any atom is -0.493 e. The van der Waals surface area contributed by atoms with Crippen LogP contribution in [0.3, 0.4) is 0 Å². The molecule has 0 amide bonds.